The van der Waals surface area contributed by atoms with Crippen molar-refractivity contribution in [3.63, 3.8) is 0 Å². The van der Waals surface area contributed by atoms with Gasteiger partial charge in [0.2, 0.25) is 0 Å². The average Bonchev–Trinajstić information content (AvgIpc) is 2.94. The first-order chi connectivity index (χ1) is 18.9. The highest BCUT2D eigenvalue weighted by Gasteiger charge is 2.30. The summed E-state index contributed by atoms with van der Waals surface area (Å²) < 4.78 is 5.38. The number of benzene rings is 2. The van der Waals surface area contributed by atoms with E-state index in [-0.39, 0.29) is 6.42 Å². The Bertz CT molecular complexity index is 1250. The van der Waals surface area contributed by atoms with Crippen LogP contribution in [0.25, 0.3) is 10.9 Å². The first kappa shape index (κ1) is 29.6. The van der Waals surface area contributed by atoms with Crippen LogP contribution in [0.1, 0.15) is 62.2 Å². The average molecular weight is 574 g/mol. The number of aliphatic hydroxyl groups excluding tert-OH is 1. The minimum atomic E-state index is -0.749. The van der Waals surface area contributed by atoms with Crippen LogP contribution in [0.4, 0.5) is 0 Å². The molecule has 0 aliphatic carbocycles. The predicted molar refractivity (Wildman–Crippen MR) is 157 cm³/mol. The Balaban J connectivity index is 1.32. The van der Waals surface area contributed by atoms with Gasteiger partial charge in [0.15, 0.2) is 0 Å². The van der Waals surface area contributed by atoms with Crippen LogP contribution in [-0.4, -0.2) is 52.8 Å². The summed E-state index contributed by atoms with van der Waals surface area (Å²) in [7, 11) is 1.63. The highest BCUT2D eigenvalue weighted by molar-refractivity contribution is 6.42. The van der Waals surface area contributed by atoms with E-state index in [1.807, 2.05) is 42.5 Å². The van der Waals surface area contributed by atoms with E-state index in [0.717, 1.165) is 79.5 Å². The number of ether oxygens (including phenoxy) is 1. The molecule has 2 aromatic carbocycles. The summed E-state index contributed by atoms with van der Waals surface area (Å²) in [4.78, 5) is 18.3. The molecule has 0 spiro atoms. The van der Waals surface area contributed by atoms with Gasteiger partial charge in [0.1, 0.15) is 5.75 Å². The fourth-order valence-electron chi connectivity index (χ4n) is 5.86. The van der Waals surface area contributed by atoms with Gasteiger partial charge in [-0.2, -0.15) is 0 Å². The second kappa shape index (κ2) is 14.3. The van der Waals surface area contributed by atoms with Crippen molar-refractivity contribution in [2.75, 3.05) is 26.7 Å². The Hall–Kier alpha value is -2.38. The number of likely N-dealkylation sites (tertiary alicyclic amines) is 1. The molecule has 1 unspecified atom stereocenters. The molecular formula is C31H38Cl2N2O4. The Morgan fingerprint density at radius 1 is 1.15 bits per heavy atom. The van der Waals surface area contributed by atoms with Crippen LogP contribution >= 0.6 is 23.2 Å². The van der Waals surface area contributed by atoms with Crippen molar-refractivity contribution in [1.29, 1.82) is 0 Å². The molecular weight excluding hydrogens is 535 g/mol. The van der Waals surface area contributed by atoms with E-state index in [1.54, 1.807) is 13.3 Å². The maximum Gasteiger partial charge on any atom is 0.303 e. The number of carboxylic acid groups (broad SMARTS) is 1. The molecule has 1 saturated heterocycles. The van der Waals surface area contributed by atoms with Crippen LogP contribution in [-0.2, 0) is 11.2 Å². The topological polar surface area (TPSA) is 82.9 Å². The molecule has 1 aromatic heterocycles. The van der Waals surface area contributed by atoms with E-state index in [2.05, 4.69) is 9.88 Å². The molecule has 2 N–H and O–H groups in total. The molecule has 4 rings (SSSR count). The molecule has 3 aromatic rings. The van der Waals surface area contributed by atoms with E-state index in [9.17, 15) is 15.0 Å². The molecule has 0 saturated carbocycles. The second-order valence-electron chi connectivity index (χ2n) is 10.6. The zero-order valence-electron chi connectivity index (χ0n) is 22.5. The maximum atomic E-state index is 11.4. The largest absolute Gasteiger partial charge is 0.497 e. The van der Waals surface area contributed by atoms with Crippen molar-refractivity contribution >= 4 is 40.1 Å². The van der Waals surface area contributed by atoms with Crippen molar-refractivity contribution < 1.29 is 19.7 Å². The number of aryl methyl sites for hydroxylation is 1. The minimum absolute atomic E-state index is 0.180. The van der Waals surface area contributed by atoms with Gasteiger partial charge in [-0.15, -0.1) is 0 Å². The Morgan fingerprint density at radius 3 is 2.79 bits per heavy atom. The van der Waals surface area contributed by atoms with Crippen molar-refractivity contribution in [1.82, 2.24) is 9.88 Å². The summed E-state index contributed by atoms with van der Waals surface area (Å²) >= 11 is 12.5. The Labute approximate surface area is 240 Å². The van der Waals surface area contributed by atoms with Crippen LogP contribution in [0.3, 0.4) is 0 Å². The fraction of sp³-hybridized carbons (Fsp3) is 0.484. The number of pyridine rings is 1. The summed E-state index contributed by atoms with van der Waals surface area (Å²) in [5, 5.41) is 22.6. The van der Waals surface area contributed by atoms with E-state index >= 15 is 0 Å². The van der Waals surface area contributed by atoms with Crippen molar-refractivity contribution in [3.05, 3.63) is 69.8 Å². The molecule has 0 radical (unpaired) electrons. The molecule has 3 atom stereocenters. The number of carboxylic acids is 1. The van der Waals surface area contributed by atoms with Crippen LogP contribution < -0.4 is 4.74 Å². The van der Waals surface area contributed by atoms with E-state index < -0.39 is 12.1 Å². The lowest BCUT2D eigenvalue weighted by molar-refractivity contribution is -0.137. The summed E-state index contributed by atoms with van der Waals surface area (Å²) in [6, 6.07) is 13.4. The maximum absolute atomic E-state index is 11.4. The van der Waals surface area contributed by atoms with Crippen LogP contribution in [0.5, 0.6) is 5.75 Å². The number of hydrogen-bond acceptors (Lipinski definition) is 5. The van der Waals surface area contributed by atoms with Crippen LogP contribution in [0.15, 0.2) is 48.7 Å². The molecule has 1 aliphatic heterocycles. The van der Waals surface area contributed by atoms with Gasteiger partial charge in [-0.1, -0.05) is 35.3 Å². The number of nitrogens with zero attached hydrogens (tertiary/aromatic N) is 2. The number of aromatic nitrogens is 1. The highest BCUT2D eigenvalue weighted by Crippen LogP contribution is 2.35. The minimum Gasteiger partial charge on any atom is -0.497 e. The number of aliphatic hydroxyl groups is 1. The van der Waals surface area contributed by atoms with E-state index in [1.165, 1.54) is 0 Å². The standard InChI is InChI=1S/C31H38Cl2N2O4/c1-39-24-10-11-28-26(19-24)25(14-16-34-28)29(36)12-8-21-15-18-35(20-23(21)9-13-30(37)38)17-3-2-5-22-6-4-7-27(32)31(22)33/h4,6-7,10-11,14,16,19,21,23,29,36H,2-3,5,8-9,12-13,15,17-18,20H2,1H3,(H,37,38)/t21-,23+,29?/m1/s1. The second-order valence-corrected chi connectivity index (χ2v) is 11.4. The third-order valence-corrected chi connectivity index (χ3v) is 8.92. The van der Waals surface area contributed by atoms with Crippen LogP contribution in [0.2, 0.25) is 10.0 Å². The van der Waals surface area contributed by atoms with E-state index in [4.69, 9.17) is 27.9 Å². The van der Waals surface area contributed by atoms with Crippen LogP contribution in [0, 0.1) is 11.8 Å². The molecule has 1 aliphatic rings. The number of hydrogen-bond donors (Lipinski definition) is 2. The molecule has 1 fully saturated rings. The van der Waals surface area contributed by atoms with Gasteiger partial charge in [-0.25, -0.2) is 0 Å². The zero-order valence-corrected chi connectivity index (χ0v) is 24.0. The lowest BCUT2D eigenvalue weighted by Gasteiger charge is -2.39. The van der Waals surface area contributed by atoms with Gasteiger partial charge in [0.05, 0.1) is 28.8 Å². The Kier molecular flexibility index (Phi) is 10.9. The number of aliphatic carboxylic acids is 1. The molecule has 0 bridgehead atoms. The third kappa shape index (κ3) is 8.07. The summed E-state index contributed by atoms with van der Waals surface area (Å²) in [6.07, 6.45) is 7.45. The molecule has 6 nitrogen and oxygen atoms in total. The smallest absolute Gasteiger partial charge is 0.303 e. The van der Waals surface area contributed by atoms with Gasteiger partial charge in [0, 0.05) is 24.5 Å². The number of unbranched alkanes of at least 4 members (excludes halogenated alkanes) is 1. The number of fused-ring (bicyclic) bond motifs is 1. The van der Waals surface area contributed by atoms with Gasteiger partial charge in [0.25, 0.3) is 0 Å². The normalized spacial score (nSPS) is 18.8. The van der Waals surface area contributed by atoms with Gasteiger partial charge >= 0.3 is 5.97 Å². The number of methoxy groups -OCH3 is 1. The molecule has 210 valence electrons. The molecule has 0 amide bonds. The van der Waals surface area contributed by atoms with Crippen molar-refractivity contribution in [3.8, 4) is 5.75 Å². The summed E-state index contributed by atoms with van der Waals surface area (Å²) in [5.41, 5.74) is 2.78. The summed E-state index contributed by atoms with van der Waals surface area (Å²) in [5.74, 6) is 0.684. The predicted octanol–water partition coefficient (Wildman–Crippen LogP) is 7.19. The van der Waals surface area contributed by atoms with Gasteiger partial charge in [-0.05, 0) is 111 Å². The SMILES string of the molecule is COc1ccc2nccc(C(O)CC[C@@H]3CCN(CCCCc4cccc(Cl)c4Cl)C[C@@H]3CCC(=O)O)c2c1. The van der Waals surface area contributed by atoms with E-state index in [0.29, 0.717) is 34.7 Å². The number of halogens is 2. The van der Waals surface area contributed by atoms with Gasteiger partial charge in [-0.3, -0.25) is 9.78 Å². The van der Waals surface area contributed by atoms with Crippen molar-refractivity contribution in [2.24, 2.45) is 11.8 Å². The highest BCUT2D eigenvalue weighted by atomic mass is 35.5. The Morgan fingerprint density at radius 2 is 2.00 bits per heavy atom. The first-order valence-corrected chi connectivity index (χ1v) is 14.6. The third-order valence-electron chi connectivity index (χ3n) is 8.06. The summed E-state index contributed by atoms with van der Waals surface area (Å²) in [6.45, 7) is 2.89. The first-order valence-electron chi connectivity index (χ1n) is 13.8. The number of piperidine rings is 1. The lowest BCUT2D eigenvalue weighted by atomic mass is 9.79. The van der Waals surface area contributed by atoms with Crippen molar-refractivity contribution in [2.45, 2.75) is 57.5 Å². The quantitative estimate of drug-likeness (QED) is 0.211. The molecule has 8 heteroatoms. The van der Waals surface area contributed by atoms with Gasteiger partial charge < -0.3 is 19.8 Å². The zero-order chi connectivity index (χ0) is 27.8. The monoisotopic (exact) mass is 572 g/mol. The molecule has 39 heavy (non-hydrogen) atoms. The number of rotatable bonds is 13. The fourth-order valence-corrected chi connectivity index (χ4v) is 6.27. The lowest BCUT2D eigenvalue weighted by Crippen LogP contribution is -2.41. The number of carbonyl (C=O) groups is 1. The molecule has 2 heterocycles.